The van der Waals surface area contributed by atoms with Crippen molar-refractivity contribution < 1.29 is 22.6 Å². The first-order chi connectivity index (χ1) is 13.4. The molecule has 28 heavy (non-hydrogen) atoms. The fraction of sp³-hybridized carbons (Fsp3) is 0.167. The van der Waals surface area contributed by atoms with Crippen LogP contribution in [0.2, 0.25) is 0 Å². The molecule has 0 amide bonds. The van der Waals surface area contributed by atoms with Crippen molar-refractivity contribution >= 4 is 18.4 Å². The van der Waals surface area contributed by atoms with E-state index in [2.05, 4.69) is 15.3 Å². The smallest absolute Gasteiger partial charge is 0.453 e. The normalized spacial score (nSPS) is 11.7. The molecule has 0 unspecified atom stereocenters. The number of benzene rings is 2. The predicted molar refractivity (Wildman–Crippen MR) is 99.2 cm³/mol. The number of rotatable bonds is 6. The first kappa shape index (κ1) is 19.6. The maximum absolute atomic E-state index is 13.0. The number of H-pyrrole nitrogens is 1. The Labute approximate surface area is 163 Å². The highest BCUT2D eigenvalue weighted by Crippen LogP contribution is 2.29. The molecule has 146 valence electrons. The van der Waals surface area contributed by atoms with Crippen LogP contribution in [0.3, 0.4) is 0 Å². The number of hydrogen-bond acceptors (Lipinski definition) is 5. The first-order valence-corrected chi connectivity index (χ1v) is 8.43. The fourth-order valence-electron chi connectivity index (χ4n) is 2.33. The summed E-state index contributed by atoms with van der Waals surface area (Å²) in [5.74, 6) is -0.311. The van der Waals surface area contributed by atoms with Gasteiger partial charge in [-0.3, -0.25) is 0 Å². The van der Waals surface area contributed by atoms with E-state index in [4.69, 9.17) is 21.7 Å². The number of alkyl halides is 3. The maximum atomic E-state index is 13.0. The molecule has 0 fully saturated rings. The highest BCUT2D eigenvalue weighted by atomic mass is 32.1. The van der Waals surface area contributed by atoms with Crippen LogP contribution in [0.1, 0.15) is 17.0 Å². The zero-order valence-electron chi connectivity index (χ0n) is 14.6. The van der Waals surface area contributed by atoms with Crippen LogP contribution in [0.4, 0.5) is 13.2 Å². The van der Waals surface area contributed by atoms with Gasteiger partial charge in [-0.15, -0.1) is 5.10 Å². The van der Waals surface area contributed by atoms with Gasteiger partial charge in [-0.05, 0) is 41.5 Å². The van der Waals surface area contributed by atoms with Gasteiger partial charge in [0.15, 0.2) is 11.5 Å². The topological polar surface area (TPSA) is 64.4 Å². The molecule has 0 aliphatic rings. The molecule has 0 saturated heterocycles. The summed E-state index contributed by atoms with van der Waals surface area (Å²) in [6, 6.07) is 14.4. The van der Waals surface area contributed by atoms with Crippen LogP contribution in [0.15, 0.2) is 53.6 Å². The monoisotopic (exact) mass is 408 g/mol. The molecular formula is C18H15F3N4O2S. The highest BCUT2D eigenvalue weighted by molar-refractivity contribution is 7.71. The van der Waals surface area contributed by atoms with E-state index < -0.39 is 12.0 Å². The third kappa shape index (κ3) is 4.58. The van der Waals surface area contributed by atoms with E-state index in [9.17, 15) is 13.2 Å². The molecule has 0 spiro atoms. The molecule has 0 aliphatic carbocycles. The largest absolute Gasteiger partial charge is 0.493 e. The Bertz CT molecular complexity index is 1030. The minimum absolute atomic E-state index is 0.266. The van der Waals surface area contributed by atoms with E-state index in [-0.39, 0.29) is 4.77 Å². The van der Waals surface area contributed by atoms with Crippen molar-refractivity contribution in [1.82, 2.24) is 14.9 Å². The molecule has 3 aromatic rings. The molecule has 0 aliphatic heterocycles. The second kappa shape index (κ2) is 8.26. The zero-order valence-corrected chi connectivity index (χ0v) is 15.4. The quantitative estimate of drug-likeness (QED) is 0.484. The summed E-state index contributed by atoms with van der Waals surface area (Å²) in [4.78, 5) is 0. The van der Waals surface area contributed by atoms with Crippen LogP contribution in [0.25, 0.3) is 0 Å². The molecule has 2 aromatic carbocycles. The Morgan fingerprint density at radius 2 is 1.93 bits per heavy atom. The minimum atomic E-state index is -4.69. The lowest BCUT2D eigenvalue weighted by Crippen LogP contribution is -2.12. The molecule has 3 rings (SSSR count). The minimum Gasteiger partial charge on any atom is -0.493 e. The van der Waals surface area contributed by atoms with E-state index in [0.717, 1.165) is 5.56 Å². The van der Waals surface area contributed by atoms with Crippen LogP contribution >= 0.6 is 12.2 Å². The van der Waals surface area contributed by atoms with Crippen molar-refractivity contribution in [1.29, 1.82) is 0 Å². The van der Waals surface area contributed by atoms with E-state index in [1.54, 1.807) is 18.2 Å². The Morgan fingerprint density at radius 3 is 2.61 bits per heavy atom. The van der Waals surface area contributed by atoms with Crippen molar-refractivity contribution in [2.24, 2.45) is 5.10 Å². The van der Waals surface area contributed by atoms with Crippen LogP contribution in [0.5, 0.6) is 11.5 Å². The van der Waals surface area contributed by atoms with Crippen LogP contribution in [-0.2, 0) is 12.8 Å². The third-order valence-electron chi connectivity index (χ3n) is 3.65. The Balaban J connectivity index is 1.85. The number of hydrogen-bond donors (Lipinski definition) is 1. The van der Waals surface area contributed by atoms with E-state index in [1.165, 1.54) is 13.3 Å². The third-order valence-corrected chi connectivity index (χ3v) is 3.92. The molecule has 1 heterocycles. The number of nitrogens with zero attached hydrogens (tertiary/aromatic N) is 3. The zero-order chi connectivity index (χ0) is 20.1. The fourth-order valence-corrected chi connectivity index (χ4v) is 2.51. The first-order valence-electron chi connectivity index (χ1n) is 8.02. The van der Waals surface area contributed by atoms with Gasteiger partial charge >= 0.3 is 6.18 Å². The van der Waals surface area contributed by atoms with Gasteiger partial charge in [0, 0.05) is 0 Å². The molecule has 0 atom stereocenters. The standard InChI is InChI=1S/C18H15F3N4O2S/c1-26-14-8-7-13(9-15(14)27-11-12-5-3-2-4-6-12)10-22-25-16(18(19,20)21)23-24-17(25)28/h2-10H,11H2,1H3,(H,24,28)/b22-10-. The Morgan fingerprint density at radius 1 is 1.18 bits per heavy atom. The predicted octanol–water partition coefficient (Wildman–Crippen LogP) is 4.43. The van der Waals surface area contributed by atoms with Gasteiger partial charge in [-0.25, -0.2) is 5.10 Å². The van der Waals surface area contributed by atoms with Gasteiger partial charge < -0.3 is 9.47 Å². The highest BCUT2D eigenvalue weighted by Gasteiger charge is 2.37. The van der Waals surface area contributed by atoms with Gasteiger partial charge in [0.2, 0.25) is 4.77 Å². The van der Waals surface area contributed by atoms with Gasteiger partial charge in [-0.2, -0.15) is 22.9 Å². The molecule has 0 radical (unpaired) electrons. The number of halogens is 3. The second-order valence-electron chi connectivity index (χ2n) is 5.59. The summed E-state index contributed by atoms with van der Waals surface area (Å²) in [5, 5.41) is 9.05. The molecule has 6 nitrogen and oxygen atoms in total. The summed E-state index contributed by atoms with van der Waals surface area (Å²) in [6.45, 7) is 0.308. The van der Waals surface area contributed by atoms with Crippen LogP contribution in [-0.4, -0.2) is 28.2 Å². The van der Waals surface area contributed by atoms with Gasteiger partial charge in [0.1, 0.15) is 6.61 Å². The summed E-state index contributed by atoms with van der Waals surface area (Å²) < 4.78 is 50.2. The average Bonchev–Trinajstić information content (AvgIpc) is 3.06. The summed E-state index contributed by atoms with van der Waals surface area (Å²) in [6.07, 6.45) is -3.45. The SMILES string of the molecule is COc1ccc(/C=N\n2c(C(F)(F)F)n[nH]c2=S)cc1OCc1ccccc1. The van der Waals surface area contributed by atoms with Gasteiger partial charge in [0.25, 0.3) is 5.82 Å². The molecule has 1 N–H and O–H groups in total. The van der Waals surface area contributed by atoms with E-state index in [1.807, 2.05) is 30.3 Å². The maximum Gasteiger partial charge on any atom is 0.453 e. The van der Waals surface area contributed by atoms with Crippen molar-refractivity contribution in [2.75, 3.05) is 7.11 Å². The van der Waals surface area contributed by atoms with Crippen molar-refractivity contribution in [2.45, 2.75) is 12.8 Å². The Kier molecular flexibility index (Phi) is 5.78. The number of ether oxygens (including phenoxy) is 2. The van der Waals surface area contributed by atoms with Gasteiger partial charge in [0.05, 0.1) is 13.3 Å². The molecular weight excluding hydrogens is 393 g/mol. The van der Waals surface area contributed by atoms with E-state index >= 15 is 0 Å². The van der Waals surface area contributed by atoms with Crippen LogP contribution in [0, 0.1) is 4.77 Å². The number of aromatic nitrogens is 3. The molecule has 1 aromatic heterocycles. The van der Waals surface area contributed by atoms with Crippen molar-refractivity contribution in [3.8, 4) is 11.5 Å². The summed E-state index contributed by atoms with van der Waals surface area (Å²) >= 11 is 4.80. The molecule has 0 bridgehead atoms. The number of aromatic amines is 1. The lowest BCUT2D eigenvalue weighted by molar-refractivity contribution is -0.147. The summed E-state index contributed by atoms with van der Waals surface area (Å²) in [5.41, 5.74) is 1.46. The molecule has 0 saturated carbocycles. The average molecular weight is 408 g/mol. The summed E-state index contributed by atoms with van der Waals surface area (Å²) in [7, 11) is 1.50. The van der Waals surface area contributed by atoms with E-state index in [0.29, 0.717) is 28.3 Å². The Hall–Kier alpha value is -3.14. The number of methoxy groups -OCH3 is 1. The van der Waals surface area contributed by atoms with Crippen molar-refractivity contribution in [3.05, 3.63) is 70.3 Å². The lowest BCUT2D eigenvalue weighted by atomic mass is 10.2. The second-order valence-corrected chi connectivity index (χ2v) is 5.98. The molecule has 10 heteroatoms. The lowest BCUT2D eigenvalue weighted by Gasteiger charge is -2.11. The van der Waals surface area contributed by atoms with Crippen LogP contribution < -0.4 is 9.47 Å². The van der Waals surface area contributed by atoms with Crippen molar-refractivity contribution in [3.63, 3.8) is 0 Å². The van der Waals surface area contributed by atoms with Gasteiger partial charge in [-0.1, -0.05) is 30.3 Å². The number of nitrogens with one attached hydrogen (secondary N) is 1.